The summed E-state index contributed by atoms with van der Waals surface area (Å²) in [5, 5.41) is 2.85. The van der Waals surface area contributed by atoms with Crippen molar-refractivity contribution >= 4 is 15.9 Å². The van der Waals surface area contributed by atoms with E-state index < -0.39 is 10.0 Å². The number of sulfonamides is 1. The molecule has 0 saturated carbocycles. The van der Waals surface area contributed by atoms with Crippen molar-refractivity contribution in [2.45, 2.75) is 44.2 Å². The molecule has 0 radical (unpaired) electrons. The lowest BCUT2D eigenvalue weighted by atomic mass is 10.1. The van der Waals surface area contributed by atoms with Crippen LogP contribution in [0.15, 0.2) is 53.4 Å². The number of aryl methyl sites for hydroxylation is 1. The van der Waals surface area contributed by atoms with Crippen molar-refractivity contribution in [3.05, 3.63) is 65.2 Å². The van der Waals surface area contributed by atoms with E-state index in [1.165, 1.54) is 31.5 Å². The van der Waals surface area contributed by atoms with Gasteiger partial charge in [0.1, 0.15) is 6.54 Å². The summed E-state index contributed by atoms with van der Waals surface area (Å²) in [6.07, 6.45) is 2.74. The average molecular weight is 417 g/mol. The zero-order valence-electron chi connectivity index (χ0n) is 16.9. The summed E-state index contributed by atoms with van der Waals surface area (Å²) in [6, 6.07) is 15.0. The lowest BCUT2D eigenvalue weighted by molar-refractivity contribution is -0.901. The molecule has 6 nitrogen and oxygen atoms in total. The van der Waals surface area contributed by atoms with Gasteiger partial charge in [-0.05, 0) is 24.6 Å². The third kappa shape index (κ3) is 6.66. The monoisotopic (exact) mass is 416 g/mol. The molecule has 0 bridgehead atoms. The molecule has 156 valence electrons. The Kier molecular flexibility index (Phi) is 7.41. The van der Waals surface area contributed by atoms with Gasteiger partial charge in [-0.3, -0.25) is 4.79 Å². The number of rotatable bonds is 9. The van der Waals surface area contributed by atoms with E-state index in [1.54, 1.807) is 29.2 Å². The molecule has 3 rings (SSSR count). The first kappa shape index (κ1) is 21.5. The van der Waals surface area contributed by atoms with Crippen molar-refractivity contribution in [3.63, 3.8) is 0 Å². The molecule has 0 atom stereocenters. The molecule has 1 fully saturated rings. The minimum Gasteiger partial charge on any atom is -0.352 e. The van der Waals surface area contributed by atoms with E-state index in [2.05, 4.69) is 22.2 Å². The number of carbonyl (C=O) groups is 1. The van der Waals surface area contributed by atoms with E-state index in [4.69, 9.17) is 0 Å². The fourth-order valence-corrected chi connectivity index (χ4v) is 4.54. The highest BCUT2D eigenvalue weighted by atomic mass is 32.2. The molecule has 1 saturated heterocycles. The van der Waals surface area contributed by atoms with E-state index in [0.717, 1.165) is 17.7 Å². The van der Waals surface area contributed by atoms with Crippen LogP contribution in [0.5, 0.6) is 0 Å². The van der Waals surface area contributed by atoms with Crippen LogP contribution in [0.1, 0.15) is 36.0 Å². The second-order valence-electron chi connectivity index (χ2n) is 7.69. The molecule has 2 aromatic rings. The molecule has 1 amide bonds. The third-order valence-electron chi connectivity index (χ3n) is 5.25. The highest BCUT2D eigenvalue weighted by Crippen LogP contribution is 2.09. The van der Waals surface area contributed by atoms with E-state index in [1.807, 2.05) is 19.1 Å². The van der Waals surface area contributed by atoms with Crippen molar-refractivity contribution in [2.75, 3.05) is 19.6 Å². The number of quaternary nitrogens is 1. The first-order valence-electron chi connectivity index (χ1n) is 10.2. The number of nitrogens with one attached hydrogen (secondary N) is 3. The first-order chi connectivity index (χ1) is 13.9. The van der Waals surface area contributed by atoms with Crippen LogP contribution in [0.4, 0.5) is 0 Å². The number of hydrogen-bond donors (Lipinski definition) is 3. The average Bonchev–Trinajstić information content (AvgIpc) is 3.21. The number of hydrogen-bond acceptors (Lipinski definition) is 3. The van der Waals surface area contributed by atoms with Crippen molar-refractivity contribution < 1.29 is 18.1 Å². The second kappa shape index (κ2) is 10.0. The van der Waals surface area contributed by atoms with Crippen LogP contribution in [-0.2, 0) is 27.9 Å². The number of amides is 1. The Hall–Kier alpha value is -2.22. The van der Waals surface area contributed by atoms with Crippen molar-refractivity contribution in [1.29, 1.82) is 0 Å². The van der Waals surface area contributed by atoms with Crippen molar-refractivity contribution in [1.82, 2.24) is 10.0 Å². The summed E-state index contributed by atoms with van der Waals surface area (Å²) in [5.74, 6) is -0.179. The fraction of sp³-hybridized carbons (Fsp3) is 0.409. The summed E-state index contributed by atoms with van der Waals surface area (Å²) in [4.78, 5) is 13.9. The van der Waals surface area contributed by atoms with Crippen molar-refractivity contribution in [3.8, 4) is 0 Å². The van der Waals surface area contributed by atoms with Gasteiger partial charge in [0, 0.05) is 37.9 Å². The number of carbonyl (C=O) groups excluding carboxylic acids is 1. The molecule has 2 aromatic carbocycles. The van der Waals surface area contributed by atoms with Crippen LogP contribution in [0.25, 0.3) is 0 Å². The zero-order chi connectivity index (χ0) is 20.7. The maximum Gasteiger partial charge on any atom is 0.240 e. The molecular weight excluding hydrogens is 386 g/mol. The largest absolute Gasteiger partial charge is 0.352 e. The van der Waals surface area contributed by atoms with E-state index >= 15 is 0 Å². The Balaban J connectivity index is 1.38. The first-order valence-corrected chi connectivity index (χ1v) is 11.7. The van der Waals surface area contributed by atoms with E-state index in [0.29, 0.717) is 6.54 Å². The Morgan fingerprint density at radius 3 is 2.24 bits per heavy atom. The predicted molar refractivity (Wildman–Crippen MR) is 113 cm³/mol. The Bertz CT molecular complexity index is 903. The predicted octanol–water partition coefficient (Wildman–Crippen LogP) is 1.16. The van der Waals surface area contributed by atoms with Crippen LogP contribution in [0.2, 0.25) is 0 Å². The van der Waals surface area contributed by atoms with Crippen LogP contribution >= 0.6 is 0 Å². The summed E-state index contributed by atoms with van der Waals surface area (Å²) in [6.45, 7) is 5.99. The van der Waals surface area contributed by atoms with Crippen LogP contribution in [0, 0.1) is 6.92 Å². The maximum absolute atomic E-state index is 12.2. The molecule has 3 N–H and O–H groups in total. The van der Waals surface area contributed by atoms with Gasteiger partial charge in [-0.2, -0.15) is 0 Å². The second-order valence-corrected chi connectivity index (χ2v) is 9.45. The van der Waals surface area contributed by atoms with Gasteiger partial charge in [0.15, 0.2) is 0 Å². The highest BCUT2D eigenvalue weighted by Gasteiger charge is 2.15. The molecule has 0 aromatic heterocycles. The normalized spacial score (nSPS) is 14.8. The van der Waals surface area contributed by atoms with E-state index in [-0.39, 0.29) is 23.8 Å². The number of likely N-dealkylation sites (tertiary alicyclic amines) is 1. The van der Waals surface area contributed by atoms with Gasteiger partial charge in [-0.25, -0.2) is 13.1 Å². The molecular formula is C22H30N3O3S+. The van der Waals surface area contributed by atoms with Crippen LogP contribution in [0.3, 0.4) is 0 Å². The van der Waals surface area contributed by atoms with Gasteiger partial charge in [0.05, 0.1) is 18.0 Å². The standard InChI is InChI=1S/C22H29N3O3S/c1-18-4-10-21(11-5-18)29(27,28)24-13-12-22(26)23-16-19-6-8-20(9-7-19)17-25-14-2-3-15-25/h4-11,24H,2-3,12-17H2,1H3,(H,23,26)/p+1. The SMILES string of the molecule is Cc1ccc(S(=O)(=O)NCCC(=O)NCc2ccc(C[NH+]3CCCC3)cc2)cc1. The molecule has 1 aliphatic heterocycles. The molecule has 0 unspecified atom stereocenters. The summed E-state index contributed by atoms with van der Waals surface area (Å²) in [7, 11) is -3.59. The lowest BCUT2D eigenvalue weighted by Crippen LogP contribution is -3.08. The highest BCUT2D eigenvalue weighted by molar-refractivity contribution is 7.89. The molecule has 29 heavy (non-hydrogen) atoms. The van der Waals surface area contributed by atoms with Gasteiger partial charge >= 0.3 is 0 Å². The maximum atomic E-state index is 12.2. The molecule has 7 heteroatoms. The van der Waals surface area contributed by atoms with E-state index in [9.17, 15) is 13.2 Å². The van der Waals surface area contributed by atoms with Gasteiger partial charge in [0.2, 0.25) is 15.9 Å². The Labute approximate surface area is 173 Å². The zero-order valence-corrected chi connectivity index (χ0v) is 17.7. The van der Waals surface area contributed by atoms with Gasteiger partial charge in [0.25, 0.3) is 0 Å². The smallest absolute Gasteiger partial charge is 0.240 e. The van der Waals surface area contributed by atoms with Crippen LogP contribution in [-0.4, -0.2) is 34.0 Å². The summed E-state index contributed by atoms with van der Waals surface area (Å²) in [5.41, 5.74) is 3.36. The third-order valence-corrected chi connectivity index (χ3v) is 6.73. The van der Waals surface area contributed by atoms with Gasteiger partial charge in [-0.1, -0.05) is 42.0 Å². The minimum absolute atomic E-state index is 0.0690. The minimum atomic E-state index is -3.59. The van der Waals surface area contributed by atoms with Gasteiger partial charge in [-0.15, -0.1) is 0 Å². The van der Waals surface area contributed by atoms with Crippen LogP contribution < -0.4 is 14.9 Å². The molecule has 0 spiro atoms. The fourth-order valence-electron chi connectivity index (χ4n) is 3.50. The summed E-state index contributed by atoms with van der Waals surface area (Å²) < 4.78 is 26.9. The molecule has 1 heterocycles. The number of benzene rings is 2. The van der Waals surface area contributed by atoms with Crippen molar-refractivity contribution in [2.24, 2.45) is 0 Å². The topological polar surface area (TPSA) is 79.7 Å². The Morgan fingerprint density at radius 2 is 1.59 bits per heavy atom. The molecule has 0 aliphatic carbocycles. The Morgan fingerprint density at radius 1 is 0.966 bits per heavy atom. The van der Waals surface area contributed by atoms with Gasteiger partial charge < -0.3 is 10.2 Å². The summed E-state index contributed by atoms with van der Waals surface area (Å²) >= 11 is 0. The molecule has 1 aliphatic rings. The quantitative estimate of drug-likeness (QED) is 0.574. The lowest BCUT2D eigenvalue weighted by Gasteiger charge is -2.12.